The number of aromatic nitrogens is 2. The maximum absolute atomic E-state index is 13.0. The summed E-state index contributed by atoms with van der Waals surface area (Å²) in [5.41, 5.74) is -0.201. The summed E-state index contributed by atoms with van der Waals surface area (Å²) in [6.07, 6.45) is -4.87. The van der Waals surface area contributed by atoms with Crippen molar-refractivity contribution in [3.63, 3.8) is 0 Å². The van der Waals surface area contributed by atoms with Crippen LogP contribution in [0.4, 0.5) is 13.2 Å². The summed E-state index contributed by atoms with van der Waals surface area (Å²) in [4.78, 5) is 10.3. The van der Waals surface area contributed by atoms with Gasteiger partial charge in [0.25, 0.3) is 0 Å². The van der Waals surface area contributed by atoms with Gasteiger partial charge in [-0.3, -0.25) is 4.99 Å². The molecule has 1 fully saturated rings. The number of ether oxygens (including phenoxy) is 1. The number of benzene rings is 1. The molecule has 0 amide bonds. The Bertz CT molecular complexity index is 806. The lowest BCUT2D eigenvalue weighted by atomic mass is 10.0. The minimum Gasteiger partial charge on any atom is -0.370 e. The number of hydrogen-bond donors (Lipinski definition) is 1. The molecule has 0 saturated carbocycles. The van der Waals surface area contributed by atoms with Gasteiger partial charge in [-0.05, 0) is 24.6 Å². The van der Waals surface area contributed by atoms with Gasteiger partial charge in [-0.15, -0.1) is 0 Å². The van der Waals surface area contributed by atoms with Crippen LogP contribution in [0.5, 0.6) is 0 Å². The van der Waals surface area contributed by atoms with Crippen LogP contribution in [0.25, 0.3) is 0 Å². The molecular weight excluding hydrogens is 363 g/mol. The van der Waals surface area contributed by atoms with Crippen molar-refractivity contribution in [1.29, 1.82) is 0 Å². The molecule has 3 rings (SSSR count). The smallest absolute Gasteiger partial charge is 0.370 e. The highest BCUT2D eigenvalue weighted by atomic mass is 19.4. The van der Waals surface area contributed by atoms with E-state index in [4.69, 9.17) is 9.26 Å². The number of hydrogen-bond acceptors (Lipinski definition) is 5. The van der Waals surface area contributed by atoms with E-state index in [0.717, 1.165) is 12.1 Å². The quantitative estimate of drug-likeness (QED) is 0.649. The first-order valence-corrected chi connectivity index (χ1v) is 8.40. The fourth-order valence-corrected chi connectivity index (χ4v) is 2.86. The summed E-state index contributed by atoms with van der Waals surface area (Å²) in [6, 6.07) is 5.22. The lowest BCUT2D eigenvalue weighted by molar-refractivity contribution is -0.137. The molecule has 0 spiro atoms. The average molecular weight is 383 g/mol. The third-order valence-electron chi connectivity index (χ3n) is 4.13. The molecule has 146 valence electrons. The Kier molecular flexibility index (Phi) is 5.64. The van der Waals surface area contributed by atoms with Crippen LogP contribution in [-0.2, 0) is 17.5 Å². The number of halogens is 3. The van der Waals surface area contributed by atoms with E-state index in [1.807, 2.05) is 4.90 Å². The van der Waals surface area contributed by atoms with E-state index >= 15 is 0 Å². The van der Waals surface area contributed by atoms with Crippen molar-refractivity contribution in [3.8, 4) is 0 Å². The molecular formula is C17H20F3N5O2. The van der Waals surface area contributed by atoms with Gasteiger partial charge in [-0.2, -0.15) is 18.2 Å². The molecule has 7 nitrogen and oxygen atoms in total. The minimum absolute atomic E-state index is 0.305. The van der Waals surface area contributed by atoms with Crippen LogP contribution in [0.2, 0.25) is 0 Å². The molecule has 27 heavy (non-hydrogen) atoms. The van der Waals surface area contributed by atoms with E-state index in [2.05, 4.69) is 20.4 Å². The number of nitrogens with one attached hydrogen (secondary N) is 1. The number of morpholine rings is 1. The molecule has 10 heteroatoms. The van der Waals surface area contributed by atoms with Crippen molar-refractivity contribution in [3.05, 3.63) is 47.1 Å². The maximum Gasteiger partial charge on any atom is 0.416 e. The molecule has 1 N–H and O–H groups in total. The van der Waals surface area contributed by atoms with E-state index in [1.54, 1.807) is 20.0 Å². The third kappa shape index (κ3) is 4.76. The molecule has 1 atom stereocenters. The number of aliphatic imine (C=N–C) groups is 1. The lowest BCUT2D eigenvalue weighted by Crippen LogP contribution is -2.48. The Labute approximate surface area is 154 Å². The van der Waals surface area contributed by atoms with Gasteiger partial charge in [0.15, 0.2) is 11.8 Å². The van der Waals surface area contributed by atoms with Gasteiger partial charge in [0.2, 0.25) is 5.89 Å². The molecule has 1 saturated heterocycles. The van der Waals surface area contributed by atoms with Crippen molar-refractivity contribution in [1.82, 2.24) is 20.4 Å². The summed E-state index contributed by atoms with van der Waals surface area (Å²) in [5.74, 6) is 1.56. The van der Waals surface area contributed by atoms with Crippen LogP contribution in [-0.4, -0.2) is 47.7 Å². The Hall–Kier alpha value is -2.62. The summed E-state index contributed by atoms with van der Waals surface area (Å²) < 4.78 is 49.6. The fourth-order valence-electron chi connectivity index (χ4n) is 2.86. The Morgan fingerprint density at radius 1 is 1.41 bits per heavy atom. The van der Waals surface area contributed by atoms with Crippen LogP contribution >= 0.6 is 0 Å². The highest BCUT2D eigenvalue weighted by molar-refractivity contribution is 5.79. The Morgan fingerprint density at radius 3 is 2.89 bits per heavy atom. The van der Waals surface area contributed by atoms with Gasteiger partial charge in [-0.25, -0.2) is 0 Å². The summed E-state index contributed by atoms with van der Waals surface area (Å²) in [7, 11) is 1.64. The molecule has 0 radical (unpaired) electrons. The highest BCUT2D eigenvalue weighted by Gasteiger charge is 2.32. The van der Waals surface area contributed by atoms with Gasteiger partial charge in [-0.1, -0.05) is 17.3 Å². The van der Waals surface area contributed by atoms with Crippen LogP contribution in [0.1, 0.15) is 28.9 Å². The van der Waals surface area contributed by atoms with Gasteiger partial charge in [0, 0.05) is 13.6 Å². The second kappa shape index (κ2) is 7.95. The highest BCUT2D eigenvalue weighted by Crippen LogP contribution is 2.32. The maximum atomic E-state index is 13.0. The molecule has 0 bridgehead atoms. The molecule has 1 aliphatic heterocycles. The van der Waals surface area contributed by atoms with E-state index in [1.165, 1.54) is 6.07 Å². The third-order valence-corrected chi connectivity index (χ3v) is 4.13. The first kappa shape index (κ1) is 19.2. The predicted octanol–water partition coefficient (Wildman–Crippen LogP) is 2.55. The molecule has 1 aromatic carbocycles. The molecule has 2 aromatic rings. The predicted molar refractivity (Wildman–Crippen MR) is 90.9 cm³/mol. The summed E-state index contributed by atoms with van der Waals surface area (Å²) in [5, 5.41) is 6.84. The topological polar surface area (TPSA) is 75.8 Å². The molecule has 1 unspecified atom stereocenters. The second-order valence-corrected chi connectivity index (χ2v) is 6.06. The van der Waals surface area contributed by atoms with E-state index in [-0.39, 0.29) is 0 Å². The standard InChI is InChI=1S/C17H20F3N5O2/c1-11-23-15(27-24-11)9-22-16(21-2)25-6-7-26-14(10-25)12-4-3-5-13(8-12)17(18,19)20/h3-5,8,14H,6-7,9-10H2,1-2H3,(H,21,22). The van der Waals surface area contributed by atoms with E-state index in [9.17, 15) is 13.2 Å². The first-order chi connectivity index (χ1) is 12.9. The zero-order valence-corrected chi connectivity index (χ0v) is 15.0. The van der Waals surface area contributed by atoms with Crippen LogP contribution in [0, 0.1) is 6.92 Å². The largest absolute Gasteiger partial charge is 0.416 e. The number of nitrogens with zero attached hydrogens (tertiary/aromatic N) is 4. The zero-order valence-electron chi connectivity index (χ0n) is 15.0. The number of guanidine groups is 1. The molecule has 2 heterocycles. The fraction of sp³-hybridized carbons (Fsp3) is 0.471. The van der Waals surface area contributed by atoms with Crippen molar-refractivity contribution >= 4 is 5.96 Å². The summed E-state index contributed by atoms with van der Waals surface area (Å²) in [6.45, 7) is 3.35. The number of aryl methyl sites for hydroxylation is 1. The first-order valence-electron chi connectivity index (χ1n) is 8.40. The lowest BCUT2D eigenvalue weighted by Gasteiger charge is -2.35. The van der Waals surface area contributed by atoms with Crippen LogP contribution in [0.3, 0.4) is 0 Å². The molecule has 1 aromatic heterocycles. The van der Waals surface area contributed by atoms with E-state index in [0.29, 0.717) is 49.5 Å². The van der Waals surface area contributed by atoms with E-state index < -0.39 is 17.8 Å². The Morgan fingerprint density at radius 2 is 2.22 bits per heavy atom. The Balaban J connectivity index is 1.67. The van der Waals surface area contributed by atoms with Crippen LogP contribution in [0.15, 0.2) is 33.8 Å². The average Bonchev–Trinajstić information content (AvgIpc) is 3.07. The van der Waals surface area contributed by atoms with Gasteiger partial charge in [0.1, 0.15) is 6.10 Å². The normalized spacial score (nSPS) is 18.6. The zero-order chi connectivity index (χ0) is 19.4. The van der Waals surface area contributed by atoms with Crippen molar-refractivity contribution in [2.45, 2.75) is 25.7 Å². The summed E-state index contributed by atoms with van der Waals surface area (Å²) >= 11 is 0. The van der Waals surface area contributed by atoms with Crippen LogP contribution < -0.4 is 5.32 Å². The number of rotatable bonds is 3. The SMILES string of the molecule is CN=C(NCc1nc(C)no1)N1CCOC(c2cccc(C(F)(F)F)c2)C1. The van der Waals surface area contributed by atoms with Crippen molar-refractivity contribution in [2.75, 3.05) is 26.7 Å². The van der Waals surface area contributed by atoms with Gasteiger partial charge in [0.05, 0.1) is 25.3 Å². The number of alkyl halides is 3. The second-order valence-electron chi connectivity index (χ2n) is 6.06. The molecule has 0 aliphatic carbocycles. The van der Waals surface area contributed by atoms with Crippen molar-refractivity contribution < 1.29 is 22.4 Å². The van der Waals surface area contributed by atoms with Gasteiger partial charge >= 0.3 is 6.18 Å². The molecule has 1 aliphatic rings. The van der Waals surface area contributed by atoms with Gasteiger partial charge < -0.3 is 19.5 Å². The minimum atomic E-state index is -4.38. The monoisotopic (exact) mass is 383 g/mol. The van der Waals surface area contributed by atoms with Crippen molar-refractivity contribution in [2.24, 2.45) is 4.99 Å².